The number of carboxylic acids is 1. The van der Waals surface area contributed by atoms with E-state index in [0.29, 0.717) is 56.5 Å². The van der Waals surface area contributed by atoms with Crippen molar-refractivity contribution in [3.05, 3.63) is 42.7 Å². The molecule has 0 atom stereocenters. The van der Waals surface area contributed by atoms with Gasteiger partial charge in [0.25, 0.3) is 0 Å². The van der Waals surface area contributed by atoms with E-state index < -0.39 is 15.8 Å². The first-order chi connectivity index (χ1) is 19.7. The lowest BCUT2D eigenvalue weighted by Crippen LogP contribution is -2.44. The third kappa shape index (κ3) is 7.16. The van der Waals surface area contributed by atoms with E-state index in [1.54, 1.807) is 6.20 Å². The summed E-state index contributed by atoms with van der Waals surface area (Å²) in [5.41, 5.74) is 0.918. The van der Waals surface area contributed by atoms with E-state index in [9.17, 15) is 23.1 Å². The molecule has 2 aliphatic rings. The number of likely N-dealkylation sites (tertiary alicyclic amines) is 1. The van der Waals surface area contributed by atoms with Gasteiger partial charge in [-0.05, 0) is 69.2 Å². The van der Waals surface area contributed by atoms with E-state index in [2.05, 4.69) is 10.3 Å². The quantitative estimate of drug-likeness (QED) is 0.343. The molecular formula is C29H37N5O6S. The van der Waals surface area contributed by atoms with Crippen LogP contribution in [-0.4, -0.2) is 82.6 Å². The topological polar surface area (TPSA) is 144 Å². The van der Waals surface area contributed by atoms with Gasteiger partial charge >= 0.3 is 5.97 Å². The molecule has 41 heavy (non-hydrogen) atoms. The largest absolute Gasteiger partial charge is 0.493 e. The van der Waals surface area contributed by atoms with Crippen molar-refractivity contribution in [1.29, 1.82) is 0 Å². The molecule has 11 nitrogen and oxygen atoms in total. The maximum absolute atomic E-state index is 13.0. The normalized spacial score (nSPS) is 20.2. The average Bonchev–Trinajstić information content (AvgIpc) is 3.40. The zero-order valence-corrected chi connectivity index (χ0v) is 24.1. The van der Waals surface area contributed by atoms with Crippen molar-refractivity contribution >= 4 is 38.6 Å². The number of rotatable bonds is 10. The smallest absolute Gasteiger partial charge is 0.306 e. The number of carbonyl (C=O) groups excluding carboxylic acids is 1. The second-order valence-electron chi connectivity index (χ2n) is 11.1. The number of aromatic nitrogens is 3. The highest BCUT2D eigenvalue weighted by molar-refractivity contribution is 7.90. The predicted octanol–water partition coefficient (Wildman–Crippen LogP) is 3.53. The fraction of sp³-hybridized carbons (Fsp3) is 0.517. The number of hydrogen-bond donors (Lipinski definition) is 2. The minimum absolute atomic E-state index is 0.0179. The summed E-state index contributed by atoms with van der Waals surface area (Å²) in [5.74, 6) is 1.06. The molecule has 1 aliphatic carbocycles. The van der Waals surface area contributed by atoms with Crippen molar-refractivity contribution in [3.8, 4) is 11.6 Å². The van der Waals surface area contributed by atoms with Crippen LogP contribution >= 0.6 is 0 Å². The number of anilines is 1. The van der Waals surface area contributed by atoms with E-state index in [0.717, 1.165) is 36.6 Å². The van der Waals surface area contributed by atoms with Crippen LogP contribution in [0.1, 0.15) is 44.9 Å². The molecule has 12 heteroatoms. The highest BCUT2D eigenvalue weighted by atomic mass is 32.2. The molecular weight excluding hydrogens is 546 g/mol. The highest BCUT2D eigenvalue weighted by Gasteiger charge is 2.33. The lowest BCUT2D eigenvalue weighted by atomic mass is 9.84. The Balaban J connectivity index is 1.17. The molecule has 1 amide bonds. The first kappa shape index (κ1) is 28.8. The first-order valence-corrected chi connectivity index (χ1v) is 16.3. The third-order valence-corrected chi connectivity index (χ3v) is 9.09. The van der Waals surface area contributed by atoms with Gasteiger partial charge in [-0.3, -0.25) is 9.59 Å². The van der Waals surface area contributed by atoms with Gasteiger partial charge in [0, 0.05) is 49.1 Å². The van der Waals surface area contributed by atoms with Crippen LogP contribution in [-0.2, 0) is 19.4 Å². The van der Waals surface area contributed by atoms with Crippen LogP contribution in [0.25, 0.3) is 16.7 Å². The van der Waals surface area contributed by atoms with Crippen LogP contribution in [0.2, 0.25) is 0 Å². The number of carbonyl (C=O) groups is 2. The fourth-order valence-electron chi connectivity index (χ4n) is 5.79. The van der Waals surface area contributed by atoms with E-state index in [4.69, 9.17) is 9.72 Å². The second-order valence-corrected chi connectivity index (χ2v) is 13.3. The van der Waals surface area contributed by atoms with Gasteiger partial charge in [0.05, 0.1) is 23.8 Å². The summed E-state index contributed by atoms with van der Waals surface area (Å²) in [6, 6.07) is 9.72. The molecule has 0 bridgehead atoms. The summed E-state index contributed by atoms with van der Waals surface area (Å²) in [6.07, 6.45) is 9.59. The van der Waals surface area contributed by atoms with Crippen molar-refractivity contribution < 1.29 is 27.9 Å². The number of benzene rings is 1. The lowest BCUT2D eigenvalue weighted by molar-refractivity contribution is -0.147. The SMILES string of the molecule is CS(=O)(=O)CCCOc1cccc2c1ccn2-c1ccnc(NC2CCC(C(=O)N3CCC(C(=O)O)CC3)CC2)n1. The molecule has 1 aromatic carbocycles. The number of piperidine rings is 1. The summed E-state index contributed by atoms with van der Waals surface area (Å²) in [7, 11) is -3.02. The molecule has 0 radical (unpaired) electrons. The number of carboxylic acid groups (broad SMARTS) is 1. The van der Waals surface area contributed by atoms with Gasteiger partial charge in [-0.2, -0.15) is 4.98 Å². The molecule has 0 spiro atoms. The number of amides is 1. The Morgan fingerprint density at radius 1 is 1.05 bits per heavy atom. The number of aliphatic carboxylic acids is 1. The molecule has 1 saturated heterocycles. The summed E-state index contributed by atoms with van der Waals surface area (Å²) in [5, 5.41) is 13.6. The Bertz CT molecular complexity index is 1490. The number of sulfone groups is 1. The standard InChI is InChI=1S/C29H37N5O6S/c1-41(38,39)19-3-18-40-25-5-2-4-24-23(25)13-17-34(24)26-10-14-30-29(32-26)31-22-8-6-20(7-9-22)27(35)33-15-11-21(12-16-33)28(36)37/h2,4-5,10,13-14,17,20-22H,3,6-9,11-12,15-16,18-19H2,1H3,(H,36,37)(H,30,31,32). The van der Waals surface area contributed by atoms with Gasteiger partial charge in [-0.25, -0.2) is 13.4 Å². The van der Waals surface area contributed by atoms with Crippen LogP contribution in [0.5, 0.6) is 5.75 Å². The van der Waals surface area contributed by atoms with Crippen LogP contribution in [0, 0.1) is 11.8 Å². The Hall–Kier alpha value is -3.67. The van der Waals surface area contributed by atoms with Gasteiger partial charge in [-0.1, -0.05) is 6.07 Å². The third-order valence-electron chi connectivity index (χ3n) is 8.06. The molecule has 220 valence electrons. The second kappa shape index (κ2) is 12.5. The zero-order valence-electron chi connectivity index (χ0n) is 23.2. The Morgan fingerprint density at radius 2 is 1.80 bits per heavy atom. The summed E-state index contributed by atoms with van der Waals surface area (Å²) < 4.78 is 30.6. The summed E-state index contributed by atoms with van der Waals surface area (Å²) in [4.78, 5) is 35.2. The van der Waals surface area contributed by atoms with Crippen molar-refractivity contribution in [2.75, 3.05) is 37.0 Å². The van der Waals surface area contributed by atoms with Crippen molar-refractivity contribution in [1.82, 2.24) is 19.4 Å². The van der Waals surface area contributed by atoms with Crippen molar-refractivity contribution in [3.63, 3.8) is 0 Å². The number of nitrogens with one attached hydrogen (secondary N) is 1. The monoisotopic (exact) mass is 583 g/mol. The van der Waals surface area contributed by atoms with E-state index in [1.807, 2.05) is 46.0 Å². The number of fused-ring (bicyclic) bond motifs is 1. The summed E-state index contributed by atoms with van der Waals surface area (Å²) >= 11 is 0. The molecule has 3 heterocycles. The van der Waals surface area contributed by atoms with Gasteiger partial charge < -0.3 is 24.6 Å². The molecule has 0 unspecified atom stereocenters. The van der Waals surface area contributed by atoms with Crippen molar-refractivity contribution in [2.45, 2.75) is 51.0 Å². The van der Waals surface area contributed by atoms with E-state index >= 15 is 0 Å². The van der Waals surface area contributed by atoms with Crippen LogP contribution in [0.4, 0.5) is 5.95 Å². The van der Waals surface area contributed by atoms with Crippen molar-refractivity contribution in [2.24, 2.45) is 11.8 Å². The maximum atomic E-state index is 13.0. The number of nitrogens with zero attached hydrogens (tertiary/aromatic N) is 4. The van der Waals surface area contributed by atoms with Crippen LogP contribution < -0.4 is 10.1 Å². The molecule has 5 rings (SSSR count). The molecule has 1 saturated carbocycles. The van der Waals surface area contributed by atoms with Gasteiger partial charge in [0.1, 0.15) is 21.4 Å². The van der Waals surface area contributed by atoms with Gasteiger partial charge in [0.2, 0.25) is 11.9 Å². The minimum Gasteiger partial charge on any atom is -0.493 e. The number of hydrogen-bond acceptors (Lipinski definition) is 8. The fourth-order valence-corrected chi connectivity index (χ4v) is 6.44. The molecule has 2 aromatic heterocycles. The van der Waals surface area contributed by atoms with E-state index in [1.165, 1.54) is 6.26 Å². The molecule has 1 aliphatic heterocycles. The lowest BCUT2D eigenvalue weighted by Gasteiger charge is -2.35. The molecule has 2 N–H and O–H groups in total. The highest BCUT2D eigenvalue weighted by Crippen LogP contribution is 2.31. The predicted molar refractivity (Wildman–Crippen MR) is 155 cm³/mol. The van der Waals surface area contributed by atoms with E-state index in [-0.39, 0.29) is 29.5 Å². The van der Waals surface area contributed by atoms with Crippen LogP contribution in [0.3, 0.4) is 0 Å². The number of ether oxygens (including phenoxy) is 1. The molecule has 3 aromatic rings. The first-order valence-electron chi connectivity index (χ1n) is 14.2. The summed E-state index contributed by atoms with van der Waals surface area (Å²) in [6.45, 7) is 1.37. The zero-order chi connectivity index (χ0) is 29.0. The molecule has 2 fully saturated rings. The minimum atomic E-state index is -3.02. The Morgan fingerprint density at radius 3 is 2.51 bits per heavy atom. The van der Waals surface area contributed by atoms with Crippen LogP contribution in [0.15, 0.2) is 42.7 Å². The van der Waals surface area contributed by atoms with Gasteiger partial charge in [-0.15, -0.1) is 0 Å². The average molecular weight is 584 g/mol. The Labute approximate surface area is 239 Å². The maximum Gasteiger partial charge on any atom is 0.306 e. The van der Waals surface area contributed by atoms with Gasteiger partial charge in [0.15, 0.2) is 0 Å². The Kier molecular flexibility index (Phi) is 8.77.